The molecule has 1 aliphatic rings. The minimum atomic E-state index is -0.177. The number of carbonyl (C=O) groups excluding carboxylic acids is 2. The molecule has 3 rings (SSSR count). The summed E-state index contributed by atoms with van der Waals surface area (Å²) < 4.78 is 10.7. The maximum absolute atomic E-state index is 12.5. The summed E-state index contributed by atoms with van der Waals surface area (Å²) in [5.41, 5.74) is 1.44. The van der Waals surface area contributed by atoms with E-state index in [4.69, 9.17) is 9.15 Å². The van der Waals surface area contributed by atoms with Crippen LogP contribution in [0.3, 0.4) is 0 Å². The van der Waals surface area contributed by atoms with Crippen molar-refractivity contribution in [1.29, 1.82) is 0 Å². The SMILES string of the molecule is CCOCC1CCCN(C(=O)NCc2cccc(C(=O)NCc3ccco3)c2)C1. The Hall–Kier alpha value is -2.80. The molecule has 0 aliphatic carbocycles. The molecule has 3 amide bonds. The predicted octanol–water partition coefficient (Wildman–Crippen LogP) is 3.17. The van der Waals surface area contributed by atoms with E-state index >= 15 is 0 Å². The van der Waals surface area contributed by atoms with Gasteiger partial charge in [-0.05, 0) is 49.6 Å². The molecule has 0 saturated carbocycles. The van der Waals surface area contributed by atoms with E-state index in [0.717, 1.165) is 31.5 Å². The summed E-state index contributed by atoms with van der Waals surface area (Å²) in [5.74, 6) is 0.922. The van der Waals surface area contributed by atoms with Gasteiger partial charge < -0.3 is 24.7 Å². The molecule has 0 radical (unpaired) electrons. The number of rotatable bonds is 8. The molecule has 7 heteroatoms. The Kier molecular flexibility index (Phi) is 7.69. The molecule has 1 unspecified atom stereocenters. The molecule has 1 fully saturated rings. The summed E-state index contributed by atoms with van der Waals surface area (Å²) in [6.07, 6.45) is 3.67. The van der Waals surface area contributed by atoms with Gasteiger partial charge in [0.05, 0.1) is 19.4 Å². The fraction of sp³-hybridized carbons (Fsp3) is 0.455. The van der Waals surface area contributed by atoms with Crippen LogP contribution in [0.4, 0.5) is 4.79 Å². The average molecular weight is 399 g/mol. The second-order valence-corrected chi connectivity index (χ2v) is 7.23. The number of hydrogen-bond donors (Lipinski definition) is 2. The van der Waals surface area contributed by atoms with Crippen molar-refractivity contribution in [2.45, 2.75) is 32.9 Å². The molecule has 2 heterocycles. The van der Waals surface area contributed by atoms with Gasteiger partial charge >= 0.3 is 6.03 Å². The molecule has 1 atom stereocenters. The molecule has 0 spiro atoms. The highest BCUT2D eigenvalue weighted by Gasteiger charge is 2.23. The van der Waals surface area contributed by atoms with Gasteiger partial charge in [0.25, 0.3) is 5.91 Å². The lowest BCUT2D eigenvalue weighted by molar-refractivity contribution is 0.0756. The first-order valence-electron chi connectivity index (χ1n) is 10.2. The Morgan fingerprint density at radius 2 is 2.10 bits per heavy atom. The van der Waals surface area contributed by atoms with E-state index in [1.54, 1.807) is 24.5 Å². The number of amides is 3. The van der Waals surface area contributed by atoms with Crippen molar-refractivity contribution in [3.63, 3.8) is 0 Å². The third kappa shape index (κ3) is 6.35. The predicted molar refractivity (Wildman–Crippen MR) is 109 cm³/mol. The second kappa shape index (κ2) is 10.7. The van der Waals surface area contributed by atoms with Gasteiger partial charge in [0.1, 0.15) is 5.76 Å². The van der Waals surface area contributed by atoms with Crippen LogP contribution in [0.15, 0.2) is 47.1 Å². The van der Waals surface area contributed by atoms with Crippen molar-refractivity contribution < 1.29 is 18.7 Å². The number of likely N-dealkylation sites (tertiary alicyclic amines) is 1. The van der Waals surface area contributed by atoms with Gasteiger partial charge in [0, 0.05) is 37.7 Å². The number of piperidine rings is 1. The first-order valence-corrected chi connectivity index (χ1v) is 10.2. The molecule has 0 bridgehead atoms. The molecule has 7 nitrogen and oxygen atoms in total. The first kappa shape index (κ1) is 20.9. The Balaban J connectivity index is 1.48. The quantitative estimate of drug-likeness (QED) is 0.714. The van der Waals surface area contributed by atoms with Gasteiger partial charge in [-0.25, -0.2) is 4.79 Å². The van der Waals surface area contributed by atoms with E-state index < -0.39 is 0 Å². The van der Waals surface area contributed by atoms with Crippen LogP contribution in [-0.4, -0.2) is 43.1 Å². The van der Waals surface area contributed by atoms with E-state index in [1.165, 1.54) is 0 Å². The molecule has 2 aromatic rings. The van der Waals surface area contributed by atoms with E-state index in [9.17, 15) is 9.59 Å². The van der Waals surface area contributed by atoms with E-state index in [0.29, 0.717) is 43.5 Å². The fourth-order valence-electron chi connectivity index (χ4n) is 3.46. The molecule has 2 N–H and O–H groups in total. The van der Waals surface area contributed by atoms with Crippen LogP contribution in [0.1, 0.15) is 41.4 Å². The molecule has 1 aromatic heterocycles. The summed E-state index contributed by atoms with van der Waals surface area (Å²) in [6.45, 7) is 5.60. The van der Waals surface area contributed by atoms with Crippen LogP contribution in [0.5, 0.6) is 0 Å². The Bertz CT molecular complexity index is 791. The minimum Gasteiger partial charge on any atom is -0.467 e. The van der Waals surface area contributed by atoms with Gasteiger partial charge in [-0.1, -0.05) is 12.1 Å². The van der Waals surface area contributed by atoms with Crippen molar-refractivity contribution in [2.75, 3.05) is 26.3 Å². The lowest BCUT2D eigenvalue weighted by Crippen LogP contribution is -2.46. The minimum absolute atomic E-state index is 0.0705. The van der Waals surface area contributed by atoms with Crippen LogP contribution in [0, 0.1) is 5.92 Å². The fourth-order valence-corrected chi connectivity index (χ4v) is 3.46. The smallest absolute Gasteiger partial charge is 0.317 e. The lowest BCUT2D eigenvalue weighted by atomic mass is 9.99. The van der Waals surface area contributed by atoms with Gasteiger partial charge in [-0.2, -0.15) is 0 Å². The number of benzene rings is 1. The van der Waals surface area contributed by atoms with Gasteiger partial charge in [0.2, 0.25) is 0 Å². The molecule has 1 saturated heterocycles. The topological polar surface area (TPSA) is 83.8 Å². The number of urea groups is 1. The standard InChI is InChI=1S/C22H29N3O4/c1-2-28-16-18-7-4-10-25(15-18)22(27)24-13-17-6-3-8-19(12-17)21(26)23-14-20-9-5-11-29-20/h3,5-6,8-9,11-12,18H,2,4,7,10,13-16H2,1H3,(H,23,26)(H,24,27). The molecule has 1 aliphatic heterocycles. The van der Waals surface area contributed by atoms with E-state index in [2.05, 4.69) is 10.6 Å². The lowest BCUT2D eigenvalue weighted by Gasteiger charge is -2.32. The van der Waals surface area contributed by atoms with E-state index in [1.807, 2.05) is 30.0 Å². The Morgan fingerprint density at radius 1 is 1.21 bits per heavy atom. The third-order valence-electron chi connectivity index (χ3n) is 5.00. The summed E-state index contributed by atoms with van der Waals surface area (Å²) in [6, 6.07) is 10.8. The number of furan rings is 1. The van der Waals surface area contributed by atoms with Gasteiger partial charge in [-0.15, -0.1) is 0 Å². The average Bonchev–Trinajstić information content (AvgIpc) is 3.28. The van der Waals surface area contributed by atoms with Crippen LogP contribution < -0.4 is 10.6 Å². The van der Waals surface area contributed by atoms with Crippen molar-refractivity contribution >= 4 is 11.9 Å². The maximum Gasteiger partial charge on any atom is 0.317 e. The largest absolute Gasteiger partial charge is 0.467 e. The number of nitrogens with zero attached hydrogens (tertiary/aromatic N) is 1. The van der Waals surface area contributed by atoms with Crippen molar-refractivity contribution in [1.82, 2.24) is 15.5 Å². The zero-order chi connectivity index (χ0) is 20.5. The van der Waals surface area contributed by atoms with Gasteiger partial charge in [-0.3, -0.25) is 4.79 Å². The summed E-state index contributed by atoms with van der Waals surface area (Å²) in [4.78, 5) is 26.7. The van der Waals surface area contributed by atoms with Crippen LogP contribution in [-0.2, 0) is 17.8 Å². The highest BCUT2D eigenvalue weighted by Crippen LogP contribution is 2.17. The van der Waals surface area contributed by atoms with Crippen LogP contribution >= 0.6 is 0 Å². The third-order valence-corrected chi connectivity index (χ3v) is 5.00. The van der Waals surface area contributed by atoms with Crippen molar-refractivity contribution in [3.8, 4) is 0 Å². The first-order chi connectivity index (χ1) is 14.2. The van der Waals surface area contributed by atoms with Crippen LogP contribution in [0.25, 0.3) is 0 Å². The summed E-state index contributed by atoms with van der Waals surface area (Å²) in [5, 5.41) is 5.79. The second-order valence-electron chi connectivity index (χ2n) is 7.23. The normalized spacial score (nSPS) is 16.4. The van der Waals surface area contributed by atoms with Gasteiger partial charge in [0.15, 0.2) is 0 Å². The molecule has 156 valence electrons. The molecular formula is C22H29N3O4. The Morgan fingerprint density at radius 3 is 2.90 bits per heavy atom. The molecular weight excluding hydrogens is 370 g/mol. The number of hydrogen-bond acceptors (Lipinski definition) is 4. The summed E-state index contributed by atoms with van der Waals surface area (Å²) >= 11 is 0. The zero-order valence-electron chi connectivity index (χ0n) is 16.9. The molecule has 29 heavy (non-hydrogen) atoms. The van der Waals surface area contributed by atoms with Crippen molar-refractivity contribution in [2.24, 2.45) is 5.92 Å². The monoisotopic (exact) mass is 399 g/mol. The summed E-state index contributed by atoms with van der Waals surface area (Å²) in [7, 11) is 0. The van der Waals surface area contributed by atoms with E-state index in [-0.39, 0.29) is 11.9 Å². The highest BCUT2D eigenvalue weighted by atomic mass is 16.5. The molecule has 1 aromatic carbocycles. The highest BCUT2D eigenvalue weighted by molar-refractivity contribution is 5.94. The number of carbonyl (C=O) groups is 2. The number of ether oxygens (including phenoxy) is 1. The van der Waals surface area contributed by atoms with Crippen molar-refractivity contribution in [3.05, 3.63) is 59.5 Å². The maximum atomic E-state index is 12.5. The Labute approximate surface area is 171 Å². The zero-order valence-corrected chi connectivity index (χ0v) is 16.9. The van der Waals surface area contributed by atoms with Crippen LogP contribution in [0.2, 0.25) is 0 Å². The number of nitrogens with one attached hydrogen (secondary N) is 2.